The normalized spacial score (nSPS) is 9.43. The Labute approximate surface area is 98.2 Å². The first-order chi connectivity index (χ1) is 6.59. The molecule has 76 valence electrons. The zero-order valence-electron chi connectivity index (χ0n) is 8.50. The Hall–Kier alpha value is -0.310. The van der Waals surface area contributed by atoms with Crippen molar-refractivity contribution in [3.05, 3.63) is 43.2 Å². The molecule has 0 N–H and O–H groups in total. The van der Waals surface area contributed by atoms with Crippen LogP contribution in [0.2, 0.25) is 5.02 Å². The predicted octanol–water partition coefficient (Wildman–Crippen LogP) is 5.07. The molecule has 0 unspecified atom stereocenters. The molecular weight excluding hydrogens is 232 g/mol. The molecule has 2 aromatic heterocycles. The molecule has 0 radical (unpaired) electrons. The minimum absolute atomic E-state index is 0.896. The Morgan fingerprint density at radius 3 is 2.00 bits per heavy atom. The van der Waals surface area contributed by atoms with E-state index in [1.165, 1.54) is 14.6 Å². The summed E-state index contributed by atoms with van der Waals surface area (Å²) >= 11 is 9.25. The summed E-state index contributed by atoms with van der Waals surface area (Å²) in [6, 6.07) is 6.15. The van der Waals surface area contributed by atoms with Gasteiger partial charge in [0.1, 0.15) is 0 Å². The molecule has 0 aliphatic heterocycles. The minimum atomic E-state index is 0.896. The summed E-state index contributed by atoms with van der Waals surface area (Å²) in [4.78, 5) is 3.88. The average Bonchev–Trinajstić information content (AvgIpc) is 2.65. The first kappa shape index (κ1) is 11.8. The highest BCUT2D eigenvalue weighted by molar-refractivity contribution is 7.12. The van der Waals surface area contributed by atoms with Gasteiger partial charge in [-0.3, -0.25) is 0 Å². The van der Waals surface area contributed by atoms with Crippen molar-refractivity contribution in [3.63, 3.8) is 0 Å². The molecular formula is C11H13ClS2. The Balaban J connectivity index is 0.000000146. The standard InChI is InChI=1S/C6H7ClS.C5H6S/c1-4-3-6(7)5(2)8-4;1-5-3-2-4-6-5/h3H,1-2H3;2-4H,1H3. The van der Waals surface area contributed by atoms with Gasteiger partial charge in [0.05, 0.1) is 5.02 Å². The molecule has 0 aromatic carbocycles. The summed E-state index contributed by atoms with van der Waals surface area (Å²) in [6.07, 6.45) is 0. The van der Waals surface area contributed by atoms with Gasteiger partial charge in [-0.15, -0.1) is 22.7 Å². The SMILES string of the molecule is Cc1cc(Cl)c(C)s1.Cc1cccs1. The van der Waals surface area contributed by atoms with E-state index in [1.54, 1.807) is 22.7 Å². The summed E-state index contributed by atoms with van der Waals surface area (Å²) in [7, 11) is 0. The van der Waals surface area contributed by atoms with Crippen LogP contribution in [0.25, 0.3) is 0 Å². The van der Waals surface area contributed by atoms with Gasteiger partial charge >= 0.3 is 0 Å². The van der Waals surface area contributed by atoms with Gasteiger partial charge in [-0.2, -0.15) is 0 Å². The Morgan fingerprint density at radius 1 is 1.14 bits per heavy atom. The smallest absolute Gasteiger partial charge is 0.0544 e. The third kappa shape index (κ3) is 3.82. The van der Waals surface area contributed by atoms with Gasteiger partial charge in [-0.05, 0) is 38.3 Å². The van der Waals surface area contributed by atoms with Gasteiger partial charge in [0.25, 0.3) is 0 Å². The Kier molecular flexibility index (Phi) is 4.66. The largest absolute Gasteiger partial charge is 0.149 e. The molecule has 3 heteroatoms. The van der Waals surface area contributed by atoms with Gasteiger partial charge in [-0.25, -0.2) is 0 Å². The Morgan fingerprint density at radius 2 is 1.86 bits per heavy atom. The van der Waals surface area contributed by atoms with Crippen LogP contribution >= 0.6 is 34.3 Å². The van der Waals surface area contributed by atoms with Crippen molar-refractivity contribution in [2.75, 3.05) is 0 Å². The fraction of sp³-hybridized carbons (Fsp3) is 0.273. The molecule has 14 heavy (non-hydrogen) atoms. The van der Waals surface area contributed by atoms with Gasteiger partial charge in [-0.1, -0.05) is 17.7 Å². The van der Waals surface area contributed by atoms with Crippen molar-refractivity contribution in [2.24, 2.45) is 0 Å². The third-order valence-electron chi connectivity index (χ3n) is 1.64. The summed E-state index contributed by atoms with van der Waals surface area (Å²) in [6.45, 7) is 6.19. The van der Waals surface area contributed by atoms with Crippen molar-refractivity contribution in [1.82, 2.24) is 0 Å². The van der Waals surface area contributed by atoms with E-state index >= 15 is 0 Å². The number of aryl methyl sites for hydroxylation is 3. The maximum Gasteiger partial charge on any atom is 0.0544 e. The number of rotatable bonds is 0. The van der Waals surface area contributed by atoms with Crippen LogP contribution < -0.4 is 0 Å². The van der Waals surface area contributed by atoms with Crippen molar-refractivity contribution in [1.29, 1.82) is 0 Å². The molecule has 2 rings (SSSR count). The van der Waals surface area contributed by atoms with E-state index in [4.69, 9.17) is 11.6 Å². The second-order valence-corrected chi connectivity index (χ2v) is 6.00. The molecule has 2 aromatic rings. The summed E-state index contributed by atoms with van der Waals surface area (Å²) in [5.74, 6) is 0. The number of hydrogen-bond acceptors (Lipinski definition) is 2. The number of halogens is 1. The fourth-order valence-corrected chi connectivity index (χ4v) is 2.65. The molecule has 2 heterocycles. The van der Waals surface area contributed by atoms with Crippen molar-refractivity contribution < 1.29 is 0 Å². The first-order valence-electron chi connectivity index (χ1n) is 4.32. The molecule has 0 nitrogen and oxygen atoms in total. The average molecular weight is 245 g/mol. The van der Waals surface area contributed by atoms with Crippen LogP contribution in [0, 0.1) is 20.8 Å². The van der Waals surface area contributed by atoms with E-state index in [-0.39, 0.29) is 0 Å². The molecule has 0 amide bonds. The van der Waals surface area contributed by atoms with E-state index < -0.39 is 0 Å². The van der Waals surface area contributed by atoms with Crippen LogP contribution in [0.3, 0.4) is 0 Å². The quantitative estimate of drug-likeness (QED) is 0.607. The molecule has 0 spiro atoms. The topological polar surface area (TPSA) is 0 Å². The van der Waals surface area contributed by atoms with E-state index in [1.807, 2.05) is 13.0 Å². The zero-order valence-corrected chi connectivity index (χ0v) is 10.9. The second-order valence-electron chi connectivity index (χ2n) is 2.98. The highest BCUT2D eigenvalue weighted by Gasteiger charge is 1.96. The van der Waals surface area contributed by atoms with E-state index in [0.717, 1.165) is 5.02 Å². The lowest BCUT2D eigenvalue weighted by atomic mass is 10.5. The molecule has 0 atom stereocenters. The van der Waals surface area contributed by atoms with Gasteiger partial charge in [0, 0.05) is 14.6 Å². The van der Waals surface area contributed by atoms with Gasteiger partial charge < -0.3 is 0 Å². The van der Waals surface area contributed by atoms with Crippen molar-refractivity contribution in [3.8, 4) is 0 Å². The molecule has 0 fully saturated rings. The van der Waals surface area contributed by atoms with Crippen LogP contribution in [0.5, 0.6) is 0 Å². The molecule has 0 aliphatic rings. The highest BCUT2D eigenvalue weighted by Crippen LogP contribution is 2.24. The van der Waals surface area contributed by atoms with Crippen LogP contribution in [-0.2, 0) is 0 Å². The van der Waals surface area contributed by atoms with Crippen molar-refractivity contribution in [2.45, 2.75) is 20.8 Å². The maximum absolute atomic E-state index is 5.74. The summed E-state index contributed by atoms with van der Waals surface area (Å²) < 4.78 is 0. The molecule has 0 aliphatic carbocycles. The fourth-order valence-electron chi connectivity index (χ4n) is 0.960. The second kappa shape index (κ2) is 5.54. The lowest BCUT2D eigenvalue weighted by Crippen LogP contribution is -1.53. The monoisotopic (exact) mass is 244 g/mol. The molecule has 0 saturated heterocycles. The maximum atomic E-state index is 5.74. The van der Waals surface area contributed by atoms with E-state index in [0.29, 0.717) is 0 Å². The van der Waals surface area contributed by atoms with Gasteiger partial charge in [0.2, 0.25) is 0 Å². The number of hydrogen-bond donors (Lipinski definition) is 0. The van der Waals surface area contributed by atoms with Crippen molar-refractivity contribution >= 4 is 34.3 Å². The van der Waals surface area contributed by atoms with E-state index in [9.17, 15) is 0 Å². The van der Waals surface area contributed by atoms with Crippen LogP contribution in [0.1, 0.15) is 14.6 Å². The van der Waals surface area contributed by atoms with Gasteiger partial charge in [0.15, 0.2) is 0 Å². The highest BCUT2D eigenvalue weighted by atomic mass is 35.5. The predicted molar refractivity (Wildman–Crippen MR) is 67.9 cm³/mol. The summed E-state index contributed by atoms with van der Waals surface area (Å²) in [5, 5.41) is 2.97. The first-order valence-corrected chi connectivity index (χ1v) is 6.39. The zero-order chi connectivity index (χ0) is 10.6. The Bertz CT molecular complexity index is 354. The minimum Gasteiger partial charge on any atom is -0.149 e. The van der Waals surface area contributed by atoms with Crippen LogP contribution in [-0.4, -0.2) is 0 Å². The lowest BCUT2D eigenvalue weighted by molar-refractivity contribution is 1.61. The van der Waals surface area contributed by atoms with E-state index in [2.05, 4.69) is 31.4 Å². The van der Waals surface area contributed by atoms with Crippen LogP contribution in [0.4, 0.5) is 0 Å². The molecule has 0 saturated carbocycles. The lowest BCUT2D eigenvalue weighted by Gasteiger charge is -1.76. The van der Waals surface area contributed by atoms with Crippen LogP contribution in [0.15, 0.2) is 23.6 Å². The molecule has 0 bridgehead atoms. The number of thiophene rings is 2. The summed E-state index contributed by atoms with van der Waals surface area (Å²) in [5.41, 5.74) is 0. The third-order valence-corrected chi connectivity index (χ3v) is 3.92.